The fraction of sp³-hybridized carbons (Fsp3) is 0.381. The van der Waals surface area contributed by atoms with Crippen LogP contribution in [0.4, 0.5) is 0 Å². The largest absolute Gasteiger partial charge is 0.497 e. The quantitative estimate of drug-likeness (QED) is 0.757. The van der Waals surface area contributed by atoms with E-state index in [0.29, 0.717) is 0 Å². The van der Waals surface area contributed by atoms with Crippen molar-refractivity contribution in [3.8, 4) is 5.75 Å². The Morgan fingerprint density at radius 2 is 2.00 bits per heavy atom. The van der Waals surface area contributed by atoms with Crippen molar-refractivity contribution in [1.29, 1.82) is 0 Å². The zero-order chi connectivity index (χ0) is 17.6. The molecule has 0 aromatic heterocycles. The summed E-state index contributed by atoms with van der Waals surface area (Å²) >= 11 is 0. The molecule has 1 aliphatic rings. The van der Waals surface area contributed by atoms with Gasteiger partial charge < -0.3 is 9.47 Å². The van der Waals surface area contributed by atoms with Crippen molar-refractivity contribution in [3.05, 3.63) is 65.2 Å². The van der Waals surface area contributed by atoms with Crippen LogP contribution in [-0.2, 0) is 17.7 Å². The highest BCUT2D eigenvalue weighted by atomic mass is 16.5. The van der Waals surface area contributed by atoms with E-state index in [-0.39, 0.29) is 11.9 Å². The Bertz CT molecular complexity index is 729. The molecule has 0 radical (unpaired) electrons. The van der Waals surface area contributed by atoms with E-state index in [1.165, 1.54) is 11.1 Å². The van der Waals surface area contributed by atoms with Crippen molar-refractivity contribution in [2.45, 2.75) is 26.0 Å². The summed E-state index contributed by atoms with van der Waals surface area (Å²) < 4.78 is 11.2. The molecule has 0 aliphatic carbocycles. The number of nitrogens with zero attached hydrogens (tertiary/aromatic N) is 1. The van der Waals surface area contributed by atoms with Crippen LogP contribution in [0.1, 0.15) is 28.4 Å². The van der Waals surface area contributed by atoms with E-state index >= 15 is 0 Å². The van der Waals surface area contributed by atoms with E-state index < -0.39 is 0 Å². The van der Waals surface area contributed by atoms with Gasteiger partial charge in [-0.15, -0.1) is 0 Å². The molecule has 4 nitrogen and oxygen atoms in total. The molecule has 1 saturated heterocycles. The molecule has 132 valence electrons. The van der Waals surface area contributed by atoms with Crippen molar-refractivity contribution in [3.63, 3.8) is 0 Å². The molecule has 2 aromatic rings. The Balaban J connectivity index is 1.61. The van der Waals surface area contributed by atoms with Crippen LogP contribution in [0.25, 0.3) is 0 Å². The number of ether oxygens (including phenoxy) is 2. The monoisotopic (exact) mass is 339 g/mol. The number of rotatable bonds is 6. The van der Waals surface area contributed by atoms with Crippen molar-refractivity contribution in [2.24, 2.45) is 0 Å². The summed E-state index contributed by atoms with van der Waals surface area (Å²) in [4.78, 5) is 13.9. The SMILES string of the molecule is COc1cccc(CC2CN(Cc3cccc(C(C)=O)c3)CCO2)c1. The predicted molar refractivity (Wildman–Crippen MR) is 98.2 cm³/mol. The Labute approximate surface area is 149 Å². The number of hydrogen-bond donors (Lipinski definition) is 0. The lowest BCUT2D eigenvalue weighted by atomic mass is 10.0. The van der Waals surface area contributed by atoms with Crippen LogP contribution in [0.5, 0.6) is 5.75 Å². The first-order chi connectivity index (χ1) is 12.1. The van der Waals surface area contributed by atoms with Crippen LogP contribution >= 0.6 is 0 Å². The lowest BCUT2D eigenvalue weighted by Crippen LogP contribution is -2.42. The zero-order valence-corrected chi connectivity index (χ0v) is 14.9. The molecule has 0 spiro atoms. The van der Waals surface area contributed by atoms with E-state index in [1.807, 2.05) is 30.3 Å². The maximum atomic E-state index is 11.6. The van der Waals surface area contributed by atoms with Crippen molar-refractivity contribution in [1.82, 2.24) is 4.90 Å². The third-order valence-corrected chi connectivity index (χ3v) is 4.56. The summed E-state index contributed by atoms with van der Waals surface area (Å²) in [5.41, 5.74) is 3.18. The zero-order valence-electron chi connectivity index (χ0n) is 14.9. The van der Waals surface area contributed by atoms with Crippen LogP contribution in [-0.4, -0.2) is 43.6 Å². The molecule has 0 N–H and O–H groups in total. The average molecular weight is 339 g/mol. The lowest BCUT2D eigenvalue weighted by Gasteiger charge is -2.33. The molecule has 1 unspecified atom stereocenters. The van der Waals surface area contributed by atoms with Crippen molar-refractivity contribution >= 4 is 5.78 Å². The maximum Gasteiger partial charge on any atom is 0.159 e. The summed E-state index contributed by atoms with van der Waals surface area (Å²) in [7, 11) is 1.69. The number of carbonyl (C=O) groups is 1. The third kappa shape index (κ3) is 4.91. The molecule has 25 heavy (non-hydrogen) atoms. The van der Waals surface area contributed by atoms with Gasteiger partial charge in [-0.05, 0) is 36.2 Å². The number of benzene rings is 2. The molecule has 1 atom stereocenters. The van der Waals surface area contributed by atoms with Gasteiger partial charge in [0.2, 0.25) is 0 Å². The van der Waals surface area contributed by atoms with Gasteiger partial charge in [0.1, 0.15) is 5.75 Å². The van der Waals surface area contributed by atoms with Gasteiger partial charge >= 0.3 is 0 Å². The van der Waals surface area contributed by atoms with E-state index in [4.69, 9.17) is 9.47 Å². The second-order valence-corrected chi connectivity index (χ2v) is 6.54. The Hall–Kier alpha value is -2.17. The Morgan fingerprint density at radius 3 is 2.80 bits per heavy atom. The first kappa shape index (κ1) is 17.6. The molecule has 0 amide bonds. The first-order valence-electron chi connectivity index (χ1n) is 8.71. The van der Waals surface area contributed by atoms with Gasteiger partial charge in [-0.1, -0.05) is 30.3 Å². The van der Waals surface area contributed by atoms with Crippen LogP contribution in [0.3, 0.4) is 0 Å². The van der Waals surface area contributed by atoms with Crippen molar-refractivity contribution in [2.75, 3.05) is 26.8 Å². The highest BCUT2D eigenvalue weighted by Crippen LogP contribution is 2.18. The minimum Gasteiger partial charge on any atom is -0.497 e. The van der Waals surface area contributed by atoms with Gasteiger partial charge in [0.05, 0.1) is 19.8 Å². The van der Waals surface area contributed by atoms with Crippen LogP contribution in [0.2, 0.25) is 0 Å². The van der Waals surface area contributed by atoms with Crippen LogP contribution in [0.15, 0.2) is 48.5 Å². The smallest absolute Gasteiger partial charge is 0.159 e. The fourth-order valence-corrected chi connectivity index (χ4v) is 3.26. The number of Topliss-reactive ketones (excluding diaryl/α,β-unsaturated/α-hetero) is 1. The van der Waals surface area contributed by atoms with Gasteiger partial charge in [0.15, 0.2) is 5.78 Å². The number of carbonyl (C=O) groups excluding carboxylic acids is 1. The maximum absolute atomic E-state index is 11.6. The normalized spacial score (nSPS) is 18.1. The lowest BCUT2D eigenvalue weighted by molar-refractivity contribution is -0.0305. The summed E-state index contributed by atoms with van der Waals surface area (Å²) in [6.07, 6.45) is 1.05. The molecule has 0 saturated carbocycles. The molecule has 2 aromatic carbocycles. The highest BCUT2D eigenvalue weighted by Gasteiger charge is 2.21. The topological polar surface area (TPSA) is 38.8 Å². The number of hydrogen-bond acceptors (Lipinski definition) is 4. The Morgan fingerprint density at radius 1 is 1.20 bits per heavy atom. The van der Waals surface area contributed by atoms with E-state index in [2.05, 4.69) is 23.1 Å². The second kappa shape index (κ2) is 8.28. The standard InChI is InChI=1S/C21H25NO3/c1-16(23)19-7-3-6-18(11-19)14-22-9-10-25-21(15-22)13-17-5-4-8-20(12-17)24-2/h3-8,11-12,21H,9-10,13-15H2,1-2H3. The molecular formula is C21H25NO3. The van der Waals surface area contributed by atoms with Gasteiger partial charge in [0.25, 0.3) is 0 Å². The van der Waals surface area contributed by atoms with E-state index in [9.17, 15) is 4.79 Å². The number of ketones is 1. The third-order valence-electron chi connectivity index (χ3n) is 4.56. The first-order valence-corrected chi connectivity index (χ1v) is 8.71. The summed E-state index contributed by atoms with van der Waals surface area (Å²) in [6.45, 7) is 5.00. The number of methoxy groups -OCH3 is 1. The fourth-order valence-electron chi connectivity index (χ4n) is 3.26. The molecule has 0 bridgehead atoms. The van der Waals surface area contributed by atoms with Gasteiger partial charge in [0, 0.05) is 31.6 Å². The molecule has 1 aliphatic heterocycles. The van der Waals surface area contributed by atoms with Gasteiger partial charge in [-0.3, -0.25) is 9.69 Å². The Kier molecular flexibility index (Phi) is 5.84. The average Bonchev–Trinajstić information content (AvgIpc) is 2.62. The van der Waals surface area contributed by atoms with Crippen LogP contribution in [0, 0.1) is 0 Å². The molecular weight excluding hydrogens is 314 g/mol. The number of morpholine rings is 1. The summed E-state index contributed by atoms with van der Waals surface area (Å²) in [6, 6.07) is 16.1. The minimum absolute atomic E-state index is 0.111. The highest BCUT2D eigenvalue weighted by molar-refractivity contribution is 5.94. The van der Waals surface area contributed by atoms with Crippen LogP contribution < -0.4 is 4.74 Å². The predicted octanol–water partition coefficient (Wildman–Crippen LogP) is 3.34. The molecule has 3 rings (SSSR count). The summed E-state index contributed by atoms with van der Waals surface area (Å²) in [5.74, 6) is 0.992. The molecule has 4 heteroatoms. The summed E-state index contributed by atoms with van der Waals surface area (Å²) in [5, 5.41) is 0. The molecule has 1 heterocycles. The minimum atomic E-state index is 0.111. The van der Waals surface area contributed by atoms with E-state index in [1.54, 1.807) is 14.0 Å². The van der Waals surface area contributed by atoms with Gasteiger partial charge in [-0.2, -0.15) is 0 Å². The second-order valence-electron chi connectivity index (χ2n) is 6.54. The van der Waals surface area contributed by atoms with Gasteiger partial charge in [-0.25, -0.2) is 0 Å². The van der Waals surface area contributed by atoms with E-state index in [0.717, 1.165) is 44.0 Å². The molecule has 1 fully saturated rings. The van der Waals surface area contributed by atoms with Crippen molar-refractivity contribution < 1.29 is 14.3 Å².